The van der Waals surface area contributed by atoms with Crippen LogP contribution in [0.1, 0.15) is 45.5 Å². The minimum atomic E-state index is -1.38. The maximum atomic E-state index is 12.7. The summed E-state index contributed by atoms with van der Waals surface area (Å²) in [7, 11) is 0. The van der Waals surface area contributed by atoms with Crippen LogP contribution in [0.15, 0.2) is 41.4 Å². The standard InChI is InChI=1S/C26H28N4O5S2/c31-22-17-3-1-2-4-18(17)29-21(22)24(33)30-19(25(34)35)13-28-23(32)20-12-15-11-16(36-26(15)37-20)6-5-14-7-9-27-10-8-14/h1-4,11-12,14,19,22,27,31H,5-10,13H2,(H,28,32)(H,30,33)(H,34,35)/t19-,22?/m0/s1. The number of amides is 2. The number of aliphatic imine (C=N–C) groups is 1. The first kappa shape index (κ1) is 25.5. The molecular weight excluding hydrogens is 512 g/mol. The highest BCUT2D eigenvalue weighted by atomic mass is 32.2. The van der Waals surface area contributed by atoms with Crippen LogP contribution in [0.2, 0.25) is 0 Å². The molecule has 1 fully saturated rings. The Kier molecular flexibility index (Phi) is 7.65. The number of fused-ring (bicyclic) bond motifs is 2. The highest BCUT2D eigenvalue weighted by Gasteiger charge is 2.32. The van der Waals surface area contributed by atoms with E-state index < -0.39 is 29.9 Å². The van der Waals surface area contributed by atoms with Crippen molar-refractivity contribution >= 4 is 61.3 Å². The Morgan fingerprint density at radius 1 is 1.11 bits per heavy atom. The van der Waals surface area contributed by atoms with Gasteiger partial charge in [0.25, 0.3) is 11.8 Å². The average molecular weight is 541 g/mol. The second-order valence-corrected chi connectivity index (χ2v) is 11.8. The van der Waals surface area contributed by atoms with E-state index in [0.29, 0.717) is 16.1 Å². The number of rotatable bonds is 9. The molecule has 2 aliphatic heterocycles. The molecule has 37 heavy (non-hydrogen) atoms. The van der Waals surface area contributed by atoms with Gasteiger partial charge in [-0.25, -0.2) is 9.79 Å². The summed E-state index contributed by atoms with van der Waals surface area (Å²) in [5.41, 5.74) is 0.778. The van der Waals surface area contributed by atoms with Crippen LogP contribution < -0.4 is 16.0 Å². The summed E-state index contributed by atoms with van der Waals surface area (Å²) in [6.07, 6.45) is 3.45. The molecule has 0 radical (unpaired) electrons. The molecule has 194 valence electrons. The van der Waals surface area contributed by atoms with Gasteiger partial charge >= 0.3 is 5.97 Å². The predicted molar refractivity (Wildman–Crippen MR) is 144 cm³/mol. The minimum Gasteiger partial charge on any atom is -0.480 e. The van der Waals surface area contributed by atoms with E-state index in [4.69, 9.17) is 0 Å². The lowest BCUT2D eigenvalue weighted by atomic mass is 9.93. The van der Waals surface area contributed by atoms with Crippen molar-refractivity contribution in [3.8, 4) is 0 Å². The average Bonchev–Trinajstić information content (AvgIpc) is 3.57. The number of aliphatic hydroxyl groups is 1. The molecule has 4 heterocycles. The monoisotopic (exact) mass is 540 g/mol. The number of nitrogens with one attached hydrogen (secondary N) is 3. The lowest BCUT2D eigenvalue weighted by Gasteiger charge is -2.22. The van der Waals surface area contributed by atoms with E-state index in [0.717, 1.165) is 34.8 Å². The maximum Gasteiger partial charge on any atom is 0.328 e. The Morgan fingerprint density at radius 3 is 2.62 bits per heavy atom. The lowest BCUT2D eigenvalue weighted by molar-refractivity contribution is -0.140. The number of hydrogen-bond donors (Lipinski definition) is 5. The number of thiophene rings is 2. The molecule has 9 nitrogen and oxygen atoms in total. The van der Waals surface area contributed by atoms with Crippen molar-refractivity contribution in [1.29, 1.82) is 0 Å². The third kappa shape index (κ3) is 5.74. The number of carbonyl (C=O) groups excluding carboxylic acids is 2. The minimum absolute atomic E-state index is 0.173. The number of carboxylic acids is 1. The topological polar surface area (TPSA) is 140 Å². The number of piperidine rings is 1. The quantitative estimate of drug-likeness (QED) is 0.283. The summed E-state index contributed by atoms with van der Waals surface area (Å²) < 4.78 is 1.07. The zero-order valence-corrected chi connectivity index (χ0v) is 21.7. The van der Waals surface area contributed by atoms with Crippen molar-refractivity contribution in [3.63, 3.8) is 0 Å². The number of benzene rings is 1. The molecule has 2 aliphatic rings. The fourth-order valence-electron chi connectivity index (χ4n) is 4.69. The van der Waals surface area contributed by atoms with Gasteiger partial charge in [0.15, 0.2) is 0 Å². The molecule has 1 aromatic carbocycles. The van der Waals surface area contributed by atoms with Gasteiger partial charge in [-0.1, -0.05) is 18.2 Å². The van der Waals surface area contributed by atoms with Crippen LogP contribution in [0.5, 0.6) is 0 Å². The Bertz CT molecular complexity index is 1330. The van der Waals surface area contributed by atoms with E-state index in [1.54, 1.807) is 35.6 Å². The van der Waals surface area contributed by atoms with Crippen LogP contribution in [0.3, 0.4) is 0 Å². The second kappa shape index (κ2) is 11.1. The first-order valence-corrected chi connectivity index (χ1v) is 13.9. The number of hydrogen-bond acceptors (Lipinski definition) is 8. The molecule has 3 aromatic rings. The number of carboxylic acid groups (broad SMARTS) is 1. The van der Waals surface area contributed by atoms with Crippen LogP contribution >= 0.6 is 22.7 Å². The van der Waals surface area contributed by atoms with E-state index in [1.165, 1.54) is 35.5 Å². The first-order chi connectivity index (χ1) is 17.9. The number of nitrogens with zero attached hydrogens (tertiary/aromatic N) is 1. The highest BCUT2D eigenvalue weighted by molar-refractivity contribution is 7.39. The van der Waals surface area contributed by atoms with E-state index in [2.05, 4.69) is 27.0 Å². The van der Waals surface area contributed by atoms with E-state index in [9.17, 15) is 24.6 Å². The molecule has 2 atom stereocenters. The molecule has 11 heteroatoms. The summed E-state index contributed by atoms with van der Waals surface area (Å²) in [5, 5.41) is 29.4. The lowest BCUT2D eigenvalue weighted by Crippen LogP contribution is -2.50. The summed E-state index contributed by atoms with van der Waals surface area (Å²) in [6.45, 7) is 1.89. The summed E-state index contributed by atoms with van der Waals surface area (Å²) in [6, 6.07) is 9.36. The van der Waals surface area contributed by atoms with Gasteiger partial charge in [-0.3, -0.25) is 9.59 Å². The predicted octanol–water partition coefficient (Wildman–Crippen LogP) is 3.01. The van der Waals surface area contributed by atoms with Crippen LogP contribution in [-0.2, 0) is 16.0 Å². The van der Waals surface area contributed by atoms with Gasteiger partial charge in [-0.05, 0) is 62.9 Å². The molecule has 2 amide bonds. The molecule has 1 saturated heterocycles. The van der Waals surface area contributed by atoms with Crippen molar-refractivity contribution in [2.45, 2.75) is 37.8 Å². The largest absolute Gasteiger partial charge is 0.480 e. The van der Waals surface area contributed by atoms with Gasteiger partial charge < -0.3 is 26.2 Å². The van der Waals surface area contributed by atoms with Gasteiger partial charge in [0.1, 0.15) is 17.9 Å². The third-order valence-electron chi connectivity index (χ3n) is 6.78. The Balaban J connectivity index is 1.16. The van der Waals surface area contributed by atoms with Crippen LogP contribution in [0.25, 0.3) is 9.40 Å². The van der Waals surface area contributed by atoms with Crippen molar-refractivity contribution in [2.24, 2.45) is 10.9 Å². The van der Waals surface area contributed by atoms with E-state index in [1.807, 2.05) is 6.07 Å². The van der Waals surface area contributed by atoms with Crippen molar-refractivity contribution in [3.05, 3.63) is 51.7 Å². The van der Waals surface area contributed by atoms with Crippen LogP contribution in [0.4, 0.5) is 5.69 Å². The van der Waals surface area contributed by atoms with Crippen molar-refractivity contribution in [2.75, 3.05) is 19.6 Å². The molecule has 0 aliphatic carbocycles. The van der Waals surface area contributed by atoms with Gasteiger partial charge in [-0.2, -0.15) is 0 Å². The van der Waals surface area contributed by atoms with Gasteiger partial charge in [0.05, 0.1) is 14.6 Å². The Hall–Kier alpha value is -3.12. The highest BCUT2D eigenvalue weighted by Crippen LogP contribution is 2.35. The SMILES string of the molecule is O=C(N[C@@H](CNC(=O)c1cc2cc(CCC3CCNCC3)sc2s1)C(=O)O)C1=Nc2ccccc2C1O. The fourth-order valence-corrected chi connectivity index (χ4v) is 7.11. The second-order valence-electron chi connectivity index (χ2n) is 9.33. The summed E-state index contributed by atoms with van der Waals surface area (Å²) in [5.74, 6) is -1.72. The normalized spacial score (nSPS) is 18.3. The van der Waals surface area contributed by atoms with E-state index in [-0.39, 0.29) is 12.3 Å². The summed E-state index contributed by atoms with van der Waals surface area (Å²) in [4.78, 5) is 43.1. The molecule has 0 bridgehead atoms. The number of aliphatic hydroxyl groups excluding tert-OH is 1. The van der Waals surface area contributed by atoms with Crippen molar-refractivity contribution in [1.82, 2.24) is 16.0 Å². The zero-order chi connectivity index (χ0) is 25.9. The molecule has 0 saturated carbocycles. The van der Waals surface area contributed by atoms with Gasteiger partial charge in [0.2, 0.25) is 0 Å². The van der Waals surface area contributed by atoms with Gasteiger partial charge in [-0.15, -0.1) is 22.7 Å². The van der Waals surface area contributed by atoms with E-state index >= 15 is 0 Å². The Labute approximate surface area is 221 Å². The molecular formula is C26H28N4O5S2. The number of carbonyl (C=O) groups is 3. The van der Waals surface area contributed by atoms with Gasteiger partial charge in [0, 0.05) is 22.4 Å². The summed E-state index contributed by atoms with van der Waals surface area (Å²) >= 11 is 3.09. The number of para-hydroxylation sites is 1. The first-order valence-electron chi connectivity index (χ1n) is 12.3. The van der Waals surface area contributed by atoms with Crippen LogP contribution in [-0.4, -0.2) is 59.4 Å². The molecule has 5 rings (SSSR count). The number of aryl methyl sites for hydroxylation is 1. The molecule has 0 spiro atoms. The zero-order valence-electron chi connectivity index (χ0n) is 20.0. The maximum absolute atomic E-state index is 12.7. The Morgan fingerprint density at radius 2 is 1.89 bits per heavy atom. The molecule has 5 N–H and O–H groups in total. The molecule has 2 aromatic heterocycles. The number of aliphatic carboxylic acids is 1. The third-order valence-corrected chi connectivity index (χ3v) is 9.23. The molecule has 1 unspecified atom stereocenters. The van der Waals surface area contributed by atoms with Crippen LogP contribution in [0, 0.1) is 5.92 Å². The smallest absolute Gasteiger partial charge is 0.328 e. The van der Waals surface area contributed by atoms with Crippen molar-refractivity contribution < 1.29 is 24.6 Å². The fraction of sp³-hybridized carbons (Fsp3) is 0.385.